The molecule has 0 radical (unpaired) electrons. The van der Waals surface area contributed by atoms with Crippen LogP contribution in [-0.4, -0.2) is 36.2 Å². The van der Waals surface area contributed by atoms with Crippen LogP contribution in [0.15, 0.2) is 54.9 Å². The Morgan fingerprint density at radius 1 is 0.972 bits per heavy atom. The van der Waals surface area contributed by atoms with Gasteiger partial charge < -0.3 is 16.8 Å². The van der Waals surface area contributed by atoms with Crippen molar-refractivity contribution in [1.29, 1.82) is 0 Å². The molecule has 9 nitrogen and oxygen atoms in total. The van der Waals surface area contributed by atoms with Gasteiger partial charge in [-0.25, -0.2) is 15.0 Å². The fourth-order valence-corrected chi connectivity index (χ4v) is 5.75. The summed E-state index contributed by atoms with van der Waals surface area (Å²) in [5.74, 6) is 1.29. The smallest absolute Gasteiger partial charge is 0.222 e. The molecule has 36 heavy (non-hydrogen) atoms. The number of benzene rings is 1. The number of H-pyrrole nitrogens is 1. The number of rotatable bonds is 6. The predicted octanol–water partition coefficient (Wildman–Crippen LogP) is 4.77. The zero-order chi connectivity index (χ0) is 24.5. The number of aromatic amines is 1. The van der Waals surface area contributed by atoms with Crippen LogP contribution >= 0.6 is 11.3 Å². The highest BCUT2D eigenvalue weighted by molar-refractivity contribution is 7.21. The van der Waals surface area contributed by atoms with Crippen LogP contribution < -0.4 is 16.8 Å². The second-order valence-electron chi connectivity index (χ2n) is 9.22. The van der Waals surface area contributed by atoms with E-state index in [2.05, 4.69) is 32.6 Å². The Hall–Kier alpha value is -3.89. The van der Waals surface area contributed by atoms with Gasteiger partial charge in [-0.05, 0) is 49.3 Å². The molecular formula is C26H27N9S. The van der Waals surface area contributed by atoms with Gasteiger partial charge in [0, 0.05) is 29.8 Å². The van der Waals surface area contributed by atoms with Crippen LogP contribution in [0.25, 0.3) is 21.6 Å². The molecule has 5 aromatic rings. The van der Waals surface area contributed by atoms with Crippen molar-refractivity contribution in [2.24, 2.45) is 5.73 Å². The van der Waals surface area contributed by atoms with Crippen molar-refractivity contribution in [2.75, 3.05) is 11.1 Å². The molecule has 182 valence electrons. The Balaban J connectivity index is 1.38. The fraction of sp³-hybridized carbons (Fsp3) is 0.269. The van der Waals surface area contributed by atoms with Crippen molar-refractivity contribution in [3.63, 3.8) is 0 Å². The molecule has 0 saturated heterocycles. The Bertz CT molecular complexity index is 1470. The molecule has 6 rings (SSSR count). The average molecular weight is 498 g/mol. The molecular weight excluding hydrogens is 470 g/mol. The minimum Gasteiger partial charge on any atom is -0.368 e. The topological polar surface area (TPSA) is 144 Å². The third-order valence-electron chi connectivity index (χ3n) is 6.71. The van der Waals surface area contributed by atoms with Crippen LogP contribution in [0.1, 0.15) is 48.4 Å². The van der Waals surface area contributed by atoms with Gasteiger partial charge in [0.25, 0.3) is 0 Å². The first-order valence-electron chi connectivity index (χ1n) is 12.1. The van der Waals surface area contributed by atoms with Crippen LogP contribution in [0.4, 0.5) is 16.9 Å². The molecule has 1 aromatic carbocycles. The molecule has 1 aliphatic rings. The lowest BCUT2D eigenvalue weighted by atomic mass is 9.80. The minimum atomic E-state index is 0.251. The number of hydrogen-bond acceptors (Lipinski definition) is 9. The summed E-state index contributed by atoms with van der Waals surface area (Å²) in [6.45, 7) is 0. The number of fused-ring (bicyclic) bond motifs is 1. The van der Waals surface area contributed by atoms with E-state index in [-0.39, 0.29) is 12.0 Å². The number of anilines is 3. The van der Waals surface area contributed by atoms with E-state index in [1.54, 1.807) is 6.20 Å². The molecule has 1 aliphatic carbocycles. The fourth-order valence-electron chi connectivity index (χ4n) is 4.91. The Morgan fingerprint density at radius 2 is 1.81 bits per heavy atom. The molecule has 10 heteroatoms. The largest absolute Gasteiger partial charge is 0.368 e. The SMILES string of the molecule is Nc1nc(Cc2ccccc2)c(C2CCC(N)CC2)c(Nc2nc3ccc(-c4cn[nH]c4)nc3s2)n1. The van der Waals surface area contributed by atoms with E-state index < -0.39 is 0 Å². The molecule has 4 aromatic heterocycles. The van der Waals surface area contributed by atoms with Crippen LogP contribution in [0, 0.1) is 0 Å². The highest BCUT2D eigenvalue weighted by atomic mass is 32.1. The van der Waals surface area contributed by atoms with Crippen LogP contribution in [0.2, 0.25) is 0 Å². The van der Waals surface area contributed by atoms with Crippen molar-refractivity contribution in [3.8, 4) is 11.3 Å². The van der Waals surface area contributed by atoms with E-state index in [0.29, 0.717) is 12.3 Å². The maximum atomic E-state index is 6.22. The zero-order valence-electron chi connectivity index (χ0n) is 19.7. The quantitative estimate of drug-likeness (QED) is 0.262. The average Bonchev–Trinajstić information content (AvgIpc) is 3.55. The van der Waals surface area contributed by atoms with Crippen molar-refractivity contribution < 1.29 is 0 Å². The van der Waals surface area contributed by atoms with Gasteiger partial charge in [0.05, 0.1) is 17.6 Å². The van der Waals surface area contributed by atoms with E-state index in [0.717, 1.165) is 69.5 Å². The molecule has 0 unspecified atom stereocenters. The normalized spacial score (nSPS) is 17.9. The third-order valence-corrected chi connectivity index (χ3v) is 7.59. The van der Waals surface area contributed by atoms with E-state index in [1.807, 2.05) is 36.5 Å². The molecule has 0 atom stereocenters. The monoisotopic (exact) mass is 497 g/mol. The molecule has 4 heterocycles. The van der Waals surface area contributed by atoms with Crippen molar-refractivity contribution in [3.05, 3.63) is 71.7 Å². The molecule has 0 aliphatic heterocycles. The number of hydrogen-bond donors (Lipinski definition) is 4. The summed E-state index contributed by atoms with van der Waals surface area (Å²) in [5, 5.41) is 11.1. The van der Waals surface area contributed by atoms with Gasteiger partial charge in [0.2, 0.25) is 5.95 Å². The zero-order valence-corrected chi connectivity index (χ0v) is 20.5. The number of thiazole rings is 1. The van der Waals surface area contributed by atoms with Crippen molar-refractivity contribution in [1.82, 2.24) is 30.1 Å². The van der Waals surface area contributed by atoms with Crippen LogP contribution in [0.5, 0.6) is 0 Å². The first-order chi connectivity index (χ1) is 17.6. The van der Waals surface area contributed by atoms with Gasteiger partial charge >= 0.3 is 0 Å². The predicted molar refractivity (Wildman–Crippen MR) is 143 cm³/mol. The molecule has 0 bridgehead atoms. The highest BCUT2D eigenvalue weighted by Crippen LogP contribution is 2.40. The van der Waals surface area contributed by atoms with Crippen molar-refractivity contribution in [2.45, 2.75) is 44.1 Å². The maximum absolute atomic E-state index is 6.22. The van der Waals surface area contributed by atoms with Gasteiger partial charge in [-0.3, -0.25) is 5.10 Å². The number of nitrogens with one attached hydrogen (secondary N) is 2. The summed E-state index contributed by atoms with van der Waals surface area (Å²) in [6.07, 6.45) is 8.25. The number of nitrogens with zero attached hydrogens (tertiary/aromatic N) is 5. The summed E-state index contributed by atoms with van der Waals surface area (Å²) in [5.41, 5.74) is 18.3. The highest BCUT2D eigenvalue weighted by Gasteiger charge is 2.27. The molecule has 0 amide bonds. The standard InChI is InChI=1S/C26H27N9S/c27-18-8-6-16(7-9-18)22-21(12-15-4-2-1-3-5-15)32-25(28)34-23(22)35-26-33-20-11-10-19(31-24(20)36-26)17-13-29-30-14-17/h1-5,10-11,13-14,16,18H,6-9,12,27H2,(H,29,30)(H3,28,32,33,34,35). The summed E-state index contributed by atoms with van der Waals surface area (Å²) >= 11 is 1.49. The molecule has 6 N–H and O–H groups in total. The van der Waals surface area contributed by atoms with Gasteiger partial charge in [-0.2, -0.15) is 10.1 Å². The van der Waals surface area contributed by atoms with Gasteiger partial charge in [0.1, 0.15) is 16.2 Å². The van der Waals surface area contributed by atoms with Gasteiger partial charge in [-0.1, -0.05) is 41.7 Å². The Morgan fingerprint density at radius 3 is 2.58 bits per heavy atom. The van der Waals surface area contributed by atoms with Gasteiger partial charge in [-0.15, -0.1) is 0 Å². The minimum absolute atomic E-state index is 0.251. The number of aromatic nitrogens is 6. The second-order valence-corrected chi connectivity index (χ2v) is 10.2. The lowest BCUT2D eigenvalue weighted by molar-refractivity contribution is 0.394. The number of pyridine rings is 1. The lowest BCUT2D eigenvalue weighted by Crippen LogP contribution is -2.27. The first kappa shape index (κ1) is 22.6. The molecule has 0 spiro atoms. The number of nitrogens with two attached hydrogens (primary N) is 2. The van der Waals surface area contributed by atoms with Crippen molar-refractivity contribution >= 4 is 38.6 Å². The molecule has 1 fully saturated rings. The van der Waals surface area contributed by atoms with Crippen LogP contribution in [0.3, 0.4) is 0 Å². The Labute approximate surface area is 212 Å². The number of nitrogen functional groups attached to an aromatic ring is 1. The second kappa shape index (κ2) is 9.63. The summed E-state index contributed by atoms with van der Waals surface area (Å²) < 4.78 is 0. The third kappa shape index (κ3) is 4.65. The summed E-state index contributed by atoms with van der Waals surface area (Å²) in [6, 6.07) is 14.5. The van der Waals surface area contributed by atoms with E-state index >= 15 is 0 Å². The van der Waals surface area contributed by atoms with E-state index in [9.17, 15) is 0 Å². The van der Waals surface area contributed by atoms with E-state index in [1.165, 1.54) is 16.9 Å². The van der Waals surface area contributed by atoms with Gasteiger partial charge in [0.15, 0.2) is 5.13 Å². The maximum Gasteiger partial charge on any atom is 0.222 e. The summed E-state index contributed by atoms with van der Waals surface area (Å²) in [4.78, 5) is 19.7. The Kier molecular flexibility index (Phi) is 6.04. The molecule has 1 saturated carbocycles. The van der Waals surface area contributed by atoms with Crippen LogP contribution in [-0.2, 0) is 6.42 Å². The lowest BCUT2D eigenvalue weighted by Gasteiger charge is -2.29. The van der Waals surface area contributed by atoms with E-state index in [4.69, 9.17) is 26.4 Å². The summed E-state index contributed by atoms with van der Waals surface area (Å²) in [7, 11) is 0. The first-order valence-corrected chi connectivity index (χ1v) is 12.9.